The van der Waals surface area contributed by atoms with E-state index in [9.17, 15) is 13.2 Å². The van der Waals surface area contributed by atoms with Gasteiger partial charge in [-0.2, -0.15) is 13.2 Å². The molecule has 0 aromatic heterocycles. The van der Waals surface area contributed by atoms with Crippen LogP contribution in [0.15, 0.2) is 36.4 Å². The number of rotatable bonds is 2. The number of anilines is 1. The standard InChI is InChI=1S/C21H22F3NO/c1-25-13-20(9-3-4-10-20)18-11-14(5-8-19(18)25)16-7-6-15(26-2)12-17(16)21(22,23)24/h5-8,11-12H,3-4,9-10,13H2,1-2H3. The highest BCUT2D eigenvalue weighted by atomic mass is 19.4. The van der Waals surface area contributed by atoms with E-state index in [0.717, 1.165) is 31.1 Å². The van der Waals surface area contributed by atoms with Crippen molar-refractivity contribution in [1.82, 2.24) is 0 Å². The lowest BCUT2D eigenvalue weighted by molar-refractivity contribution is -0.137. The number of benzene rings is 2. The predicted octanol–water partition coefficient (Wildman–Crippen LogP) is 5.64. The average Bonchev–Trinajstić information content (AvgIpc) is 3.19. The molecule has 2 nitrogen and oxygen atoms in total. The van der Waals surface area contributed by atoms with Gasteiger partial charge in [0.15, 0.2) is 0 Å². The molecule has 0 atom stereocenters. The van der Waals surface area contributed by atoms with Crippen molar-refractivity contribution in [3.8, 4) is 16.9 Å². The summed E-state index contributed by atoms with van der Waals surface area (Å²) in [6.45, 7) is 0.959. The van der Waals surface area contributed by atoms with Crippen molar-refractivity contribution < 1.29 is 17.9 Å². The number of likely N-dealkylation sites (N-methyl/N-ethyl adjacent to an activating group) is 1. The average molecular weight is 361 g/mol. The van der Waals surface area contributed by atoms with Crippen LogP contribution in [0.25, 0.3) is 11.1 Å². The van der Waals surface area contributed by atoms with Gasteiger partial charge in [-0.15, -0.1) is 0 Å². The third kappa shape index (κ3) is 2.65. The molecule has 2 aromatic rings. The van der Waals surface area contributed by atoms with Gasteiger partial charge in [0.2, 0.25) is 0 Å². The summed E-state index contributed by atoms with van der Waals surface area (Å²) < 4.78 is 45.8. The summed E-state index contributed by atoms with van der Waals surface area (Å²) in [5, 5.41) is 0. The van der Waals surface area contributed by atoms with E-state index >= 15 is 0 Å². The fourth-order valence-electron chi connectivity index (χ4n) is 4.70. The van der Waals surface area contributed by atoms with Crippen molar-refractivity contribution in [3.63, 3.8) is 0 Å². The first-order valence-electron chi connectivity index (χ1n) is 8.95. The molecular weight excluding hydrogens is 339 g/mol. The molecule has 1 saturated carbocycles. The number of hydrogen-bond donors (Lipinski definition) is 0. The van der Waals surface area contributed by atoms with Gasteiger partial charge in [0, 0.05) is 24.7 Å². The van der Waals surface area contributed by atoms with E-state index in [1.165, 1.54) is 31.6 Å². The highest BCUT2D eigenvalue weighted by Crippen LogP contribution is 2.51. The molecule has 1 spiro atoms. The van der Waals surface area contributed by atoms with Gasteiger partial charge < -0.3 is 9.64 Å². The van der Waals surface area contributed by atoms with E-state index in [-0.39, 0.29) is 16.7 Å². The molecule has 26 heavy (non-hydrogen) atoms. The van der Waals surface area contributed by atoms with Gasteiger partial charge in [0.1, 0.15) is 5.75 Å². The van der Waals surface area contributed by atoms with Crippen LogP contribution in [0, 0.1) is 0 Å². The smallest absolute Gasteiger partial charge is 0.417 e. The molecule has 2 aromatic carbocycles. The summed E-state index contributed by atoms with van der Waals surface area (Å²) in [5.74, 6) is 0.217. The third-order valence-corrected chi connectivity index (χ3v) is 5.92. The second-order valence-electron chi connectivity index (χ2n) is 7.48. The molecular formula is C21H22F3NO. The molecule has 0 bridgehead atoms. The van der Waals surface area contributed by atoms with Crippen LogP contribution in [0.5, 0.6) is 5.75 Å². The monoisotopic (exact) mass is 361 g/mol. The summed E-state index contributed by atoms with van der Waals surface area (Å²) in [6.07, 6.45) is 0.178. The Hall–Kier alpha value is -2.17. The van der Waals surface area contributed by atoms with E-state index in [2.05, 4.69) is 11.9 Å². The Morgan fingerprint density at radius 2 is 1.77 bits per heavy atom. The molecule has 138 valence electrons. The molecule has 1 aliphatic heterocycles. The molecule has 1 heterocycles. The molecule has 0 amide bonds. The van der Waals surface area contributed by atoms with Crippen molar-refractivity contribution in [2.75, 3.05) is 25.6 Å². The lowest BCUT2D eigenvalue weighted by Crippen LogP contribution is -2.28. The van der Waals surface area contributed by atoms with E-state index in [0.29, 0.717) is 5.56 Å². The van der Waals surface area contributed by atoms with Crippen molar-refractivity contribution in [2.24, 2.45) is 0 Å². The van der Waals surface area contributed by atoms with Gasteiger partial charge in [-0.05, 0) is 53.8 Å². The SMILES string of the molecule is COc1ccc(-c2ccc3c(c2)C2(CCCC2)CN3C)c(C(F)(F)F)c1. The van der Waals surface area contributed by atoms with E-state index in [1.54, 1.807) is 12.1 Å². The summed E-state index contributed by atoms with van der Waals surface area (Å²) in [7, 11) is 3.45. The summed E-state index contributed by atoms with van der Waals surface area (Å²) in [4.78, 5) is 2.24. The number of hydrogen-bond acceptors (Lipinski definition) is 2. The summed E-state index contributed by atoms with van der Waals surface area (Å²) >= 11 is 0. The Bertz CT molecular complexity index is 838. The minimum absolute atomic E-state index is 0.102. The molecule has 1 fully saturated rings. The normalized spacial score (nSPS) is 18.4. The fraction of sp³-hybridized carbons (Fsp3) is 0.429. The maximum Gasteiger partial charge on any atom is 0.417 e. The Kier molecular flexibility index (Phi) is 3.94. The quantitative estimate of drug-likeness (QED) is 0.686. The fourth-order valence-corrected chi connectivity index (χ4v) is 4.70. The van der Waals surface area contributed by atoms with Crippen LogP contribution in [-0.4, -0.2) is 20.7 Å². The van der Waals surface area contributed by atoms with E-state index < -0.39 is 11.7 Å². The van der Waals surface area contributed by atoms with Gasteiger partial charge in [0.25, 0.3) is 0 Å². The topological polar surface area (TPSA) is 12.5 Å². The second-order valence-corrected chi connectivity index (χ2v) is 7.48. The molecule has 1 aliphatic carbocycles. The van der Waals surface area contributed by atoms with Crippen molar-refractivity contribution in [3.05, 3.63) is 47.5 Å². The maximum absolute atomic E-state index is 13.6. The number of alkyl halides is 3. The number of ether oxygens (including phenoxy) is 1. The predicted molar refractivity (Wildman–Crippen MR) is 96.8 cm³/mol. The number of methoxy groups -OCH3 is 1. The molecule has 4 rings (SSSR count). The van der Waals surface area contributed by atoms with Gasteiger partial charge in [-0.3, -0.25) is 0 Å². The first kappa shape index (κ1) is 17.3. The zero-order valence-electron chi connectivity index (χ0n) is 15.0. The maximum atomic E-state index is 13.6. The Morgan fingerprint density at radius 1 is 1.04 bits per heavy atom. The molecule has 0 radical (unpaired) electrons. The summed E-state index contributed by atoms with van der Waals surface area (Å²) in [5.41, 5.74) is 2.65. The number of fused-ring (bicyclic) bond motifs is 2. The largest absolute Gasteiger partial charge is 0.497 e. The van der Waals surface area contributed by atoms with Crippen molar-refractivity contribution in [1.29, 1.82) is 0 Å². The Labute approximate surface area is 151 Å². The van der Waals surface area contributed by atoms with Gasteiger partial charge in [0.05, 0.1) is 12.7 Å². The molecule has 5 heteroatoms. The first-order chi connectivity index (χ1) is 12.3. The van der Waals surface area contributed by atoms with E-state index in [4.69, 9.17) is 4.74 Å². The Balaban J connectivity index is 1.86. The van der Waals surface area contributed by atoms with Crippen LogP contribution in [0.2, 0.25) is 0 Å². The van der Waals surface area contributed by atoms with Crippen molar-refractivity contribution in [2.45, 2.75) is 37.3 Å². The van der Waals surface area contributed by atoms with Gasteiger partial charge >= 0.3 is 6.18 Å². The molecule has 0 saturated heterocycles. The van der Waals surface area contributed by atoms with Gasteiger partial charge in [-0.1, -0.05) is 25.0 Å². The minimum atomic E-state index is -4.43. The van der Waals surface area contributed by atoms with Crippen molar-refractivity contribution >= 4 is 5.69 Å². The van der Waals surface area contributed by atoms with Crippen LogP contribution in [0.3, 0.4) is 0 Å². The minimum Gasteiger partial charge on any atom is -0.497 e. The van der Waals surface area contributed by atoms with Crippen LogP contribution in [-0.2, 0) is 11.6 Å². The Morgan fingerprint density at radius 3 is 2.42 bits per heavy atom. The zero-order chi connectivity index (χ0) is 18.5. The van der Waals surface area contributed by atoms with Gasteiger partial charge in [-0.25, -0.2) is 0 Å². The van der Waals surface area contributed by atoms with Crippen LogP contribution in [0.1, 0.15) is 36.8 Å². The van der Waals surface area contributed by atoms with Crippen LogP contribution >= 0.6 is 0 Å². The van der Waals surface area contributed by atoms with Crippen LogP contribution in [0.4, 0.5) is 18.9 Å². The highest BCUT2D eigenvalue weighted by Gasteiger charge is 2.43. The first-order valence-corrected chi connectivity index (χ1v) is 8.95. The van der Waals surface area contributed by atoms with Crippen LogP contribution < -0.4 is 9.64 Å². The lowest BCUT2D eigenvalue weighted by Gasteiger charge is -2.24. The third-order valence-electron chi connectivity index (χ3n) is 5.92. The van der Waals surface area contributed by atoms with E-state index in [1.807, 2.05) is 12.1 Å². The molecule has 0 unspecified atom stereocenters. The molecule has 0 N–H and O–H groups in total. The zero-order valence-corrected chi connectivity index (χ0v) is 15.0. The highest BCUT2D eigenvalue weighted by molar-refractivity contribution is 5.75. The lowest BCUT2D eigenvalue weighted by atomic mass is 9.79. The number of halogens is 3. The second kappa shape index (κ2) is 5.93. The number of nitrogens with zero attached hydrogens (tertiary/aromatic N) is 1. The molecule has 2 aliphatic rings. The summed E-state index contributed by atoms with van der Waals surface area (Å²) in [6, 6.07) is 9.96.